The highest BCUT2D eigenvalue weighted by atomic mass is 35.5. The number of benzene rings is 3. The third-order valence-corrected chi connectivity index (χ3v) is 4.50. The number of halogens is 2. The van der Waals surface area contributed by atoms with Crippen LogP contribution in [0.25, 0.3) is 0 Å². The summed E-state index contributed by atoms with van der Waals surface area (Å²) in [7, 11) is 1.55. The number of carbonyl (C=O) groups is 3. The van der Waals surface area contributed by atoms with Gasteiger partial charge in [-0.3, -0.25) is 9.59 Å². The minimum absolute atomic E-state index is 0.166. The summed E-state index contributed by atoms with van der Waals surface area (Å²) in [6.07, 6.45) is 0. The van der Waals surface area contributed by atoms with Crippen molar-refractivity contribution in [3.63, 3.8) is 0 Å². The molecule has 3 aromatic carbocycles. The lowest BCUT2D eigenvalue weighted by molar-refractivity contribution is -0.119. The normalized spacial score (nSPS) is 10.2. The van der Waals surface area contributed by atoms with Crippen molar-refractivity contribution in [2.75, 3.05) is 24.4 Å². The highest BCUT2D eigenvalue weighted by Gasteiger charge is 2.16. The van der Waals surface area contributed by atoms with Crippen LogP contribution < -0.4 is 15.4 Å². The van der Waals surface area contributed by atoms with Crippen LogP contribution in [0, 0.1) is 5.82 Å². The van der Waals surface area contributed by atoms with Crippen LogP contribution in [0.15, 0.2) is 66.7 Å². The van der Waals surface area contributed by atoms with E-state index in [-0.39, 0.29) is 16.5 Å². The number of nitrogens with one attached hydrogen (secondary N) is 2. The number of carbonyl (C=O) groups excluding carboxylic acids is 3. The van der Waals surface area contributed by atoms with Crippen molar-refractivity contribution >= 4 is 40.8 Å². The van der Waals surface area contributed by atoms with Crippen molar-refractivity contribution in [2.45, 2.75) is 0 Å². The highest BCUT2D eigenvalue weighted by Crippen LogP contribution is 2.18. The van der Waals surface area contributed by atoms with Crippen LogP contribution in [-0.2, 0) is 9.53 Å². The molecular formula is C23H18ClFN2O5. The van der Waals surface area contributed by atoms with E-state index in [1.807, 2.05) is 0 Å². The number of amides is 2. The first-order valence-corrected chi connectivity index (χ1v) is 9.71. The van der Waals surface area contributed by atoms with E-state index in [0.29, 0.717) is 22.7 Å². The lowest BCUT2D eigenvalue weighted by Crippen LogP contribution is -2.21. The monoisotopic (exact) mass is 456 g/mol. The number of ether oxygens (including phenoxy) is 2. The van der Waals surface area contributed by atoms with E-state index in [1.165, 1.54) is 30.3 Å². The first-order chi connectivity index (χ1) is 15.4. The Labute approximate surface area is 188 Å². The zero-order valence-corrected chi connectivity index (χ0v) is 17.6. The van der Waals surface area contributed by atoms with E-state index in [0.717, 1.165) is 12.1 Å². The first kappa shape index (κ1) is 22.8. The standard InChI is InChI=1S/C23H18ClFN2O5/c1-31-18-9-7-17(8-10-18)27-22(29)14-2-5-16(6-3-14)26-21(28)13-32-23(30)19-12-15(24)4-11-20(19)25/h2-12H,13H2,1H3,(H,26,28)(H,27,29). The molecule has 0 bridgehead atoms. The van der Waals surface area contributed by atoms with Crippen LogP contribution in [0.5, 0.6) is 5.75 Å². The van der Waals surface area contributed by atoms with Gasteiger partial charge in [-0.2, -0.15) is 0 Å². The van der Waals surface area contributed by atoms with Crippen LogP contribution >= 0.6 is 11.6 Å². The number of hydrogen-bond donors (Lipinski definition) is 2. The second-order valence-corrected chi connectivity index (χ2v) is 6.94. The predicted octanol–water partition coefficient (Wildman–Crippen LogP) is 4.54. The van der Waals surface area contributed by atoms with Crippen molar-refractivity contribution < 1.29 is 28.2 Å². The van der Waals surface area contributed by atoms with Gasteiger partial charge in [-0.15, -0.1) is 0 Å². The molecule has 9 heteroatoms. The Morgan fingerprint density at radius 3 is 2.19 bits per heavy atom. The molecule has 0 fully saturated rings. The van der Waals surface area contributed by atoms with E-state index in [1.54, 1.807) is 31.4 Å². The zero-order chi connectivity index (χ0) is 23.1. The van der Waals surface area contributed by atoms with Gasteiger partial charge in [0.15, 0.2) is 6.61 Å². The fraction of sp³-hybridized carbons (Fsp3) is 0.0870. The molecule has 2 N–H and O–H groups in total. The zero-order valence-electron chi connectivity index (χ0n) is 16.9. The summed E-state index contributed by atoms with van der Waals surface area (Å²) in [4.78, 5) is 36.3. The summed E-state index contributed by atoms with van der Waals surface area (Å²) < 4.78 is 23.6. The maximum atomic E-state index is 13.7. The number of hydrogen-bond acceptors (Lipinski definition) is 5. The number of anilines is 2. The molecule has 0 aliphatic rings. The Balaban J connectivity index is 1.52. The van der Waals surface area contributed by atoms with Gasteiger partial charge in [0.1, 0.15) is 11.6 Å². The van der Waals surface area contributed by atoms with Gasteiger partial charge in [-0.05, 0) is 66.7 Å². The Kier molecular flexibility index (Phi) is 7.41. The van der Waals surface area contributed by atoms with Gasteiger partial charge in [0.25, 0.3) is 11.8 Å². The van der Waals surface area contributed by atoms with Crippen LogP contribution in [0.4, 0.5) is 15.8 Å². The molecule has 0 radical (unpaired) electrons. The quantitative estimate of drug-likeness (QED) is 0.509. The molecule has 164 valence electrons. The van der Waals surface area contributed by atoms with E-state index in [9.17, 15) is 18.8 Å². The van der Waals surface area contributed by atoms with Gasteiger partial charge >= 0.3 is 5.97 Å². The molecule has 0 aromatic heterocycles. The lowest BCUT2D eigenvalue weighted by atomic mass is 10.2. The van der Waals surface area contributed by atoms with E-state index >= 15 is 0 Å². The largest absolute Gasteiger partial charge is 0.497 e. The van der Waals surface area contributed by atoms with Gasteiger partial charge in [0.2, 0.25) is 0 Å². The molecule has 0 aliphatic carbocycles. The smallest absolute Gasteiger partial charge is 0.341 e. The summed E-state index contributed by atoms with van der Waals surface area (Å²) in [5.74, 6) is -2.10. The summed E-state index contributed by atoms with van der Waals surface area (Å²) in [5.41, 5.74) is 1.01. The Morgan fingerprint density at radius 2 is 1.53 bits per heavy atom. The minimum atomic E-state index is -1.01. The molecule has 0 aliphatic heterocycles. The molecule has 32 heavy (non-hydrogen) atoms. The first-order valence-electron chi connectivity index (χ1n) is 9.33. The average Bonchev–Trinajstić information content (AvgIpc) is 2.80. The fourth-order valence-corrected chi connectivity index (χ4v) is 2.81. The molecule has 0 atom stereocenters. The molecule has 3 rings (SSSR count). The van der Waals surface area contributed by atoms with Crippen LogP contribution in [0.1, 0.15) is 20.7 Å². The molecule has 0 saturated heterocycles. The van der Waals surface area contributed by atoms with Crippen LogP contribution in [-0.4, -0.2) is 31.5 Å². The molecular weight excluding hydrogens is 439 g/mol. The summed E-state index contributed by atoms with van der Waals surface area (Å²) in [5, 5.41) is 5.43. The molecule has 0 unspecified atom stereocenters. The maximum Gasteiger partial charge on any atom is 0.341 e. The molecule has 2 amide bonds. The summed E-state index contributed by atoms with van der Waals surface area (Å²) >= 11 is 5.74. The summed E-state index contributed by atoms with van der Waals surface area (Å²) in [6.45, 7) is -0.621. The predicted molar refractivity (Wildman–Crippen MR) is 118 cm³/mol. The Bertz CT molecular complexity index is 1130. The van der Waals surface area contributed by atoms with Crippen molar-refractivity contribution in [3.05, 3.63) is 88.7 Å². The van der Waals surface area contributed by atoms with Crippen molar-refractivity contribution in [1.29, 1.82) is 0 Å². The topological polar surface area (TPSA) is 93.7 Å². The van der Waals surface area contributed by atoms with Crippen LogP contribution in [0.3, 0.4) is 0 Å². The van der Waals surface area contributed by atoms with Crippen molar-refractivity contribution in [2.24, 2.45) is 0 Å². The second kappa shape index (κ2) is 10.4. The molecule has 7 nitrogen and oxygen atoms in total. The third-order valence-electron chi connectivity index (χ3n) is 4.26. The van der Waals surface area contributed by atoms with Gasteiger partial charge in [0, 0.05) is 22.0 Å². The van der Waals surface area contributed by atoms with Gasteiger partial charge in [-0.25, -0.2) is 9.18 Å². The van der Waals surface area contributed by atoms with E-state index in [2.05, 4.69) is 10.6 Å². The maximum absolute atomic E-state index is 13.7. The van der Waals surface area contributed by atoms with Crippen molar-refractivity contribution in [3.8, 4) is 5.75 Å². The van der Waals surface area contributed by atoms with Gasteiger partial charge in [-0.1, -0.05) is 11.6 Å². The van der Waals surface area contributed by atoms with Crippen molar-refractivity contribution in [1.82, 2.24) is 0 Å². The molecule has 0 spiro atoms. The molecule has 3 aromatic rings. The third kappa shape index (κ3) is 6.05. The number of rotatable bonds is 7. The lowest BCUT2D eigenvalue weighted by Gasteiger charge is -2.09. The van der Waals surface area contributed by atoms with E-state index in [4.69, 9.17) is 21.1 Å². The SMILES string of the molecule is COc1ccc(NC(=O)c2ccc(NC(=O)COC(=O)c3cc(Cl)ccc3F)cc2)cc1. The van der Waals surface area contributed by atoms with Gasteiger partial charge in [0.05, 0.1) is 12.7 Å². The molecule has 0 heterocycles. The summed E-state index contributed by atoms with van der Waals surface area (Å²) in [6, 6.07) is 16.4. The Morgan fingerprint density at radius 1 is 0.906 bits per heavy atom. The Hall–Kier alpha value is -3.91. The van der Waals surface area contributed by atoms with Crippen LogP contribution in [0.2, 0.25) is 5.02 Å². The fourth-order valence-electron chi connectivity index (χ4n) is 2.64. The van der Waals surface area contributed by atoms with E-state index < -0.39 is 24.3 Å². The number of esters is 1. The number of methoxy groups -OCH3 is 1. The minimum Gasteiger partial charge on any atom is -0.497 e. The second-order valence-electron chi connectivity index (χ2n) is 6.51. The van der Waals surface area contributed by atoms with Gasteiger partial charge < -0.3 is 20.1 Å². The average molecular weight is 457 g/mol. The molecule has 0 saturated carbocycles. The highest BCUT2D eigenvalue weighted by molar-refractivity contribution is 6.30.